The van der Waals surface area contributed by atoms with E-state index in [0.717, 1.165) is 37.7 Å². The van der Waals surface area contributed by atoms with Crippen LogP contribution in [0.15, 0.2) is 36.7 Å². The summed E-state index contributed by atoms with van der Waals surface area (Å²) in [5, 5.41) is 11.7. The Balaban J connectivity index is 1.44. The fourth-order valence-corrected chi connectivity index (χ4v) is 6.93. The Kier molecular flexibility index (Phi) is 10.6. The van der Waals surface area contributed by atoms with E-state index in [1.165, 1.54) is 0 Å². The highest BCUT2D eigenvalue weighted by Gasteiger charge is 2.43. The van der Waals surface area contributed by atoms with Crippen LogP contribution in [-0.4, -0.2) is 118 Å². The number of methoxy groups -OCH3 is 1. The quantitative estimate of drug-likeness (QED) is 0.440. The molecule has 252 valence electrons. The fourth-order valence-electron chi connectivity index (χ4n) is 6.93. The zero-order valence-electron chi connectivity index (χ0n) is 27.7. The Bertz CT molecular complexity index is 1350. The van der Waals surface area contributed by atoms with E-state index in [0.29, 0.717) is 38.2 Å². The molecule has 1 aromatic heterocycles. The smallest absolute Gasteiger partial charge is 0.410 e. The van der Waals surface area contributed by atoms with Gasteiger partial charge in [0.2, 0.25) is 0 Å². The molecule has 1 aliphatic carbocycles. The van der Waals surface area contributed by atoms with Gasteiger partial charge in [0.15, 0.2) is 5.69 Å². The molecule has 0 radical (unpaired) electrons. The molecule has 1 saturated carbocycles. The van der Waals surface area contributed by atoms with Crippen molar-refractivity contribution in [3.63, 3.8) is 0 Å². The molecule has 1 N–H and O–H groups in total. The van der Waals surface area contributed by atoms with Crippen LogP contribution in [-0.2, 0) is 14.2 Å². The van der Waals surface area contributed by atoms with Crippen LogP contribution in [0.2, 0.25) is 0 Å². The lowest BCUT2D eigenvalue weighted by Crippen LogP contribution is -2.57. The summed E-state index contributed by atoms with van der Waals surface area (Å²) in [5.41, 5.74) is -0.0240. The first-order valence-corrected chi connectivity index (χ1v) is 16.5. The topological polar surface area (TPSA) is 127 Å². The van der Waals surface area contributed by atoms with Crippen molar-refractivity contribution < 1.29 is 33.7 Å². The monoisotopic (exact) mass is 639 g/mol. The number of benzene rings is 1. The number of imidazole rings is 1. The average Bonchev–Trinajstić information content (AvgIpc) is 3.72. The highest BCUT2D eigenvalue weighted by atomic mass is 16.6. The van der Waals surface area contributed by atoms with Gasteiger partial charge in [0.1, 0.15) is 11.2 Å². The molecular weight excluding hydrogens is 590 g/mol. The molecule has 12 heteroatoms. The van der Waals surface area contributed by atoms with Crippen LogP contribution in [0.1, 0.15) is 82.2 Å². The predicted octanol–water partition coefficient (Wildman–Crippen LogP) is 4.73. The van der Waals surface area contributed by atoms with Crippen molar-refractivity contribution in [2.75, 3.05) is 53.0 Å². The van der Waals surface area contributed by atoms with Gasteiger partial charge in [-0.25, -0.2) is 14.6 Å². The number of carbonyl (C=O) groups excluding carboxylic acids is 3. The standard InChI is InChI=1S/C34H49N5O7/c1-33(2,3)46-32(42)37-19-20-38(26(22-37)15-21-45-31(41)36-17-10-11-18-36)30(40)28-29(25-12-6-5-7-13-25)39(24-35-28)27-14-8-9-16-34(27,43)23-44-4/h5-7,12-13,24,26-27,43H,8-11,14-23H2,1-4H3/t26-,27?,34-/m1/s1. The number of likely N-dealkylation sites (tertiary alicyclic amines) is 1. The number of carbonyl (C=O) groups is 3. The number of amides is 3. The first-order chi connectivity index (χ1) is 22.0. The third-order valence-electron chi connectivity index (χ3n) is 9.17. The lowest BCUT2D eigenvalue weighted by molar-refractivity contribution is -0.0893. The summed E-state index contributed by atoms with van der Waals surface area (Å²) < 4.78 is 18.7. The van der Waals surface area contributed by atoms with Crippen molar-refractivity contribution in [3.8, 4) is 11.3 Å². The highest BCUT2D eigenvalue weighted by Crippen LogP contribution is 2.41. The van der Waals surface area contributed by atoms with Gasteiger partial charge in [0, 0.05) is 51.8 Å². The molecule has 2 aliphatic heterocycles. The van der Waals surface area contributed by atoms with Gasteiger partial charge in [-0.05, 0) is 46.5 Å². The van der Waals surface area contributed by atoms with Crippen LogP contribution in [0, 0.1) is 0 Å². The van der Waals surface area contributed by atoms with Crippen molar-refractivity contribution >= 4 is 18.1 Å². The summed E-state index contributed by atoms with van der Waals surface area (Å²) in [7, 11) is 1.59. The summed E-state index contributed by atoms with van der Waals surface area (Å²) in [6, 6.07) is 8.88. The molecule has 3 heterocycles. The van der Waals surface area contributed by atoms with Gasteiger partial charge < -0.3 is 38.6 Å². The summed E-state index contributed by atoms with van der Waals surface area (Å²) >= 11 is 0. The molecular formula is C34H49N5O7. The number of aliphatic hydroxyl groups is 1. The minimum absolute atomic E-state index is 0.109. The summed E-state index contributed by atoms with van der Waals surface area (Å²) in [4.78, 5) is 49.9. The van der Waals surface area contributed by atoms with Gasteiger partial charge >= 0.3 is 12.2 Å². The zero-order valence-corrected chi connectivity index (χ0v) is 27.7. The first kappa shape index (κ1) is 33.7. The van der Waals surface area contributed by atoms with Crippen molar-refractivity contribution in [3.05, 3.63) is 42.4 Å². The normalized spacial score (nSPS) is 23.8. The van der Waals surface area contributed by atoms with Gasteiger partial charge in [0.05, 0.1) is 37.3 Å². The van der Waals surface area contributed by atoms with E-state index in [1.807, 2.05) is 55.7 Å². The molecule has 0 spiro atoms. The summed E-state index contributed by atoms with van der Waals surface area (Å²) in [5.74, 6) is -0.275. The Hall–Kier alpha value is -3.64. The van der Waals surface area contributed by atoms with Crippen LogP contribution in [0.5, 0.6) is 0 Å². The Labute approximate surface area is 271 Å². The van der Waals surface area contributed by atoms with Gasteiger partial charge in [0.25, 0.3) is 5.91 Å². The maximum atomic E-state index is 14.5. The molecule has 0 bridgehead atoms. The molecule has 1 aromatic carbocycles. The fraction of sp³-hybridized carbons (Fsp3) is 0.647. The minimum atomic E-state index is -1.10. The van der Waals surface area contributed by atoms with E-state index in [4.69, 9.17) is 14.2 Å². The molecule has 2 aromatic rings. The number of piperazine rings is 1. The number of ether oxygens (including phenoxy) is 3. The maximum Gasteiger partial charge on any atom is 0.410 e. The van der Waals surface area contributed by atoms with Crippen LogP contribution in [0.3, 0.4) is 0 Å². The van der Waals surface area contributed by atoms with E-state index >= 15 is 0 Å². The van der Waals surface area contributed by atoms with E-state index in [1.54, 1.807) is 28.1 Å². The average molecular weight is 640 g/mol. The van der Waals surface area contributed by atoms with E-state index in [-0.39, 0.29) is 50.0 Å². The molecule has 3 atom stereocenters. The lowest BCUT2D eigenvalue weighted by atomic mass is 9.80. The van der Waals surface area contributed by atoms with Crippen LogP contribution in [0.4, 0.5) is 9.59 Å². The summed E-state index contributed by atoms with van der Waals surface area (Å²) in [6.45, 7) is 7.92. The molecule has 2 saturated heterocycles. The molecule has 12 nitrogen and oxygen atoms in total. The lowest BCUT2D eigenvalue weighted by Gasteiger charge is -2.42. The maximum absolute atomic E-state index is 14.5. The number of hydrogen-bond donors (Lipinski definition) is 1. The second-order valence-corrected chi connectivity index (χ2v) is 13.7. The first-order valence-electron chi connectivity index (χ1n) is 16.5. The molecule has 1 unspecified atom stereocenters. The Morgan fingerprint density at radius 2 is 1.72 bits per heavy atom. The van der Waals surface area contributed by atoms with Crippen LogP contribution < -0.4 is 0 Å². The SMILES string of the molecule is COC[C@]1(O)CCCCC1n1cnc(C(=O)N2CCN(C(=O)OC(C)(C)C)C[C@H]2CCOC(=O)N2CCCC2)c1-c1ccccc1. The minimum Gasteiger partial charge on any atom is -0.449 e. The molecule has 3 amide bonds. The number of nitrogens with zero attached hydrogens (tertiary/aromatic N) is 5. The van der Waals surface area contributed by atoms with Gasteiger partial charge in [-0.1, -0.05) is 43.2 Å². The van der Waals surface area contributed by atoms with Gasteiger partial charge in [-0.3, -0.25) is 4.79 Å². The third-order valence-corrected chi connectivity index (χ3v) is 9.17. The summed E-state index contributed by atoms with van der Waals surface area (Å²) in [6.07, 6.45) is 6.29. The Morgan fingerprint density at radius 1 is 0.978 bits per heavy atom. The van der Waals surface area contributed by atoms with Gasteiger partial charge in [-0.2, -0.15) is 0 Å². The largest absolute Gasteiger partial charge is 0.449 e. The highest BCUT2D eigenvalue weighted by molar-refractivity contribution is 5.98. The molecule has 46 heavy (non-hydrogen) atoms. The van der Waals surface area contributed by atoms with E-state index in [9.17, 15) is 19.5 Å². The van der Waals surface area contributed by atoms with Gasteiger partial charge in [-0.15, -0.1) is 0 Å². The molecule has 3 aliphatic rings. The van der Waals surface area contributed by atoms with E-state index in [2.05, 4.69) is 4.98 Å². The number of rotatable bonds is 8. The van der Waals surface area contributed by atoms with E-state index < -0.39 is 23.3 Å². The predicted molar refractivity (Wildman–Crippen MR) is 171 cm³/mol. The van der Waals surface area contributed by atoms with Crippen LogP contribution in [0.25, 0.3) is 11.3 Å². The zero-order chi connectivity index (χ0) is 32.9. The van der Waals surface area contributed by atoms with Crippen molar-refractivity contribution in [1.29, 1.82) is 0 Å². The number of hydrogen-bond acceptors (Lipinski definition) is 8. The van der Waals surface area contributed by atoms with Crippen molar-refractivity contribution in [1.82, 2.24) is 24.3 Å². The van der Waals surface area contributed by atoms with Crippen molar-refractivity contribution in [2.45, 2.75) is 89.0 Å². The second kappa shape index (κ2) is 14.4. The third kappa shape index (κ3) is 7.66. The molecule has 5 rings (SSSR count). The number of aromatic nitrogens is 2. The van der Waals surface area contributed by atoms with Crippen molar-refractivity contribution in [2.24, 2.45) is 0 Å². The molecule has 3 fully saturated rings. The Morgan fingerprint density at radius 3 is 2.41 bits per heavy atom. The van der Waals surface area contributed by atoms with Crippen LogP contribution >= 0.6 is 0 Å². The second-order valence-electron chi connectivity index (χ2n) is 13.7.